The van der Waals surface area contributed by atoms with Crippen molar-refractivity contribution in [2.45, 2.75) is 58.0 Å². The minimum absolute atomic E-state index is 0.515. The summed E-state index contributed by atoms with van der Waals surface area (Å²) in [7, 11) is 3.36. The molecule has 1 aliphatic heterocycles. The predicted molar refractivity (Wildman–Crippen MR) is 128 cm³/mol. The van der Waals surface area contributed by atoms with Crippen LogP contribution in [0.25, 0.3) is 0 Å². The minimum Gasteiger partial charge on any atom is -0.493 e. The van der Waals surface area contributed by atoms with Gasteiger partial charge in [-0.05, 0) is 85.8 Å². The van der Waals surface area contributed by atoms with E-state index in [0.29, 0.717) is 5.41 Å². The molecule has 6 heteroatoms. The van der Waals surface area contributed by atoms with E-state index >= 15 is 0 Å². The van der Waals surface area contributed by atoms with E-state index in [-0.39, 0.29) is 0 Å². The maximum Gasteiger partial charge on any atom is 0.161 e. The van der Waals surface area contributed by atoms with Gasteiger partial charge in [0.05, 0.1) is 19.9 Å². The predicted octanol–water partition coefficient (Wildman–Crippen LogP) is 4.68. The number of rotatable bonds is 7. The molecule has 0 unspecified atom stereocenters. The molecule has 176 valence electrons. The SMILES string of the molecule is COc1ccc(CN2CCc3c(ncnc3NCC34CC5CC(CC(C5)C3)C4)C2)cc1OC. The Hall–Kier alpha value is -2.34. The van der Waals surface area contributed by atoms with Gasteiger partial charge in [-0.3, -0.25) is 4.90 Å². The summed E-state index contributed by atoms with van der Waals surface area (Å²) in [5.41, 5.74) is 4.24. The summed E-state index contributed by atoms with van der Waals surface area (Å²) in [6.45, 7) is 3.84. The van der Waals surface area contributed by atoms with E-state index in [1.807, 2.05) is 6.07 Å². The summed E-state index contributed by atoms with van der Waals surface area (Å²) in [4.78, 5) is 11.8. The van der Waals surface area contributed by atoms with Gasteiger partial charge >= 0.3 is 0 Å². The number of nitrogens with zero attached hydrogens (tertiary/aromatic N) is 3. The van der Waals surface area contributed by atoms with Crippen LogP contribution in [-0.2, 0) is 19.5 Å². The monoisotopic (exact) mass is 448 g/mol. The lowest BCUT2D eigenvalue weighted by molar-refractivity contribution is -0.0444. The summed E-state index contributed by atoms with van der Waals surface area (Å²) >= 11 is 0. The van der Waals surface area contributed by atoms with E-state index in [1.165, 1.54) is 55.3 Å². The molecule has 6 nitrogen and oxygen atoms in total. The highest BCUT2D eigenvalue weighted by molar-refractivity contribution is 5.47. The molecule has 0 radical (unpaired) electrons. The Morgan fingerprint density at radius 1 is 1.00 bits per heavy atom. The molecule has 4 bridgehead atoms. The third-order valence-corrected chi connectivity index (χ3v) is 8.74. The van der Waals surface area contributed by atoms with Crippen molar-refractivity contribution in [3.05, 3.63) is 41.3 Å². The molecule has 1 N–H and O–H groups in total. The lowest BCUT2D eigenvalue weighted by atomic mass is 9.49. The number of hydrogen-bond acceptors (Lipinski definition) is 6. The zero-order valence-electron chi connectivity index (χ0n) is 20.0. The zero-order valence-corrected chi connectivity index (χ0v) is 20.0. The topological polar surface area (TPSA) is 59.5 Å². The summed E-state index contributed by atoms with van der Waals surface area (Å²) in [6, 6.07) is 6.18. The van der Waals surface area contributed by atoms with Gasteiger partial charge in [0.1, 0.15) is 12.1 Å². The van der Waals surface area contributed by atoms with Crippen LogP contribution in [0.5, 0.6) is 11.5 Å². The van der Waals surface area contributed by atoms with Crippen molar-refractivity contribution in [3.8, 4) is 11.5 Å². The molecule has 4 aliphatic carbocycles. The van der Waals surface area contributed by atoms with Crippen molar-refractivity contribution in [3.63, 3.8) is 0 Å². The second-order valence-corrected chi connectivity index (χ2v) is 11.1. The Balaban J connectivity index is 1.13. The largest absolute Gasteiger partial charge is 0.493 e. The van der Waals surface area contributed by atoms with Crippen LogP contribution in [0.1, 0.15) is 55.3 Å². The third kappa shape index (κ3) is 4.07. The number of ether oxygens (including phenoxy) is 2. The van der Waals surface area contributed by atoms with Crippen LogP contribution < -0.4 is 14.8 Å². The lowest BCUT2D eigenvalue weighted by Crippen LogP contribution is -2.49. The van der Waals surface area contributed by atoms with Gasteiger partial charge in [0, 0.05) is 31.7 Å². The second kappa shape index (κ2) is 8.46. The lowest BCUT2D eigenvalue weighted by Gasteiger charge is -2.57. The second-order valence-electron chi connectivity index (χ2n) is 11.1. The highest BCUT2D eigenvalue weighted by atomic mass is 16.5. The van der Waals surface area contributed by atoms with E-state index in [1.54, 1.807) is 20.5 Å². The molecule has 0 saturated heterocycles. The molecule has 33 heavy (non-hydrogen) atoms. The van der Waals surface area contributed by atoms with Crippen molar-refractivity contribution in [2.24, 2.45) is 23.2 Å². The van der Waals surface area contributed by atoms with Crippen LogP contribution in [0, 0.1) is 23.2 Å². The van der Waals surface area contributed by atoms with Gasteiger partial charge in [0.2, 0.25) is 0 Å². The number of methoxy groups -OCH3 is 2. The van der Waals surface area contributed by atoms with Crippen molar-refractivity contribution in [1.29, 1.82) is 0 Å². The number of hydrogen-bond donors (Lipinski definition) is 1. The molecule has 1 aromatic carbocycles. The van der Waals surface area contributed by atoms with Crippen LogP contribution in [0.4, 0.5) is 5.82 Å². The van der Waals surface area contributed by atoms with E-state index < -0.39 is 0 Å². The highest BCUT2D eigenvalue weighted by Gasteiger charge is 2.50. The van der Waals surface area contributed by atoms with Gasteiger partial charge in [0.15, 0.2) is 11.5 Å². The van der Waals surface area contributed by atoms with Crippen molar-refractivity contribution >= 4 is 5.82 Å². The van der Waals surface area contributed by atoms with Crippen LogP contribution >= 0.6 is 0 Å². The summed E-state index contributed by atoms with van der Waals surface area (Å²) < 4.78 is 10.9. The molecule has 0 spiro atoms. The molecule has 0 amide bonds. The third-order valence-electron chi connectivity index (χ3n) is 8.74. The van der Waals surface area contributed by atoms with E-state index in [0.717, 1.165) is 67.7 Å². The Kier molecular flexibility index (Phi) is 5.44. The Labute approximate surface area is 197 Å². The van der Waals surface area contributed by atoms with Gasteiger partial charge in [-0.1, -0.05) is 6.07 Å². The summed E-state index contributed by atoms with van der Waals surface area (Å²) in [6.07, 6.45) is 11.5. The van der Waals surface area contributed by atoms with Gasteiger partial charge in [-0.2, -0.15) is 0 Å². The molecule has 2 heterocycles. The van der Waals surface area contributed by atoms with Crippen LogP contribution in [-0.4, -0.2) is 42.2 Å². The average Bonchev–Trinajstić information content (AvgIpc) is 2.81. The smallest absolute Gasteiger partial charge is 0.161 e. The first-order chi connectivity index (χ1) is 16.1. The Morgan fingerprint density at radius 3 is 2.42 bits per heavy atom. The highest BCUT2D eigenvalue weighted by Crippen LogP contribution is 2.59. The van der Waals surface area contributed by atoms with Crippen molar-refractivity contribution in [1.82, 2.24) is 14.9 Å². The zero-order chi connectivity index (χ0) is 22.4. The van der Waals surface area contributed by atoms with E-state index in [9.17, 15) is 0 Å². The summed E-state index contributed by atoms with van der Waals surface area (Å²) in [5, 5.41) is 3.82. The molecular formula is C27H36N4O2. The fourth-order valence-electron chi connectivity index (χ4n) is 7.71. The molecular weight excluding hydrogens is 412 g/mol. The minimum atomic E-state index is 0.515. The van der Waals surface area contributed by atoms with Gasteiger partial charge in [0.25, 0.3) is 0 Å². The van der Waals surface area contributed by atoms with Crippen molar-refractivity contribution < 1.29 is 9.47 Å². The Bertz CT molecular complexity index is 988. The molecule has 1 aromatic heterocycles. The summed E-state index contributed by atoms with van der Waals surface area (Å²) in [5.74, 6) is 5.60. The number of nitrogens with one attached hydrogen (secondary N) is 1. The number of anilines is 1. The van der Waals surface area contributed by atoms with Crippen LogP contribution in [0.15, 0.2) is 24.5 Å². The van der Waals surface area contributed by atoms with E-state index in [2.05, 4.69) is 32.3 Å². The first kappa shape index (κ1) is 21.2. The standard InChI is InChI=1S/C27H36N4O2/c1-32-24-4-3-18(10-25(24)33-2)14-31-6-5-22-23(15-31)29-17-30-26(22)28-16-27-11-19-7-20(12-27)9-21(8-19)13-27/h3-4,10,17,19-21H,5-9,11-16H2,1-2H3,(H,28,29,30). The number of fused-ring (bicyclic) bond motifs is 1. The van der Waals surface area contributed by atoms with E-state index in [4.69, 9.17) is 9.47 Å². The molecule has 2 aromatic rings. The maximum atomic E-state index is 5.48. The van der Waals surface area contributed by atoms with Gasteiger partial charge in [-0.15, -0.1) is 0 Å². The maximum absolute atomic E-state index is 5.48. The molecule has 7 rings (SSSR count). The fraction of sp³-hybridized carbons (Fsp3) is 0.630. The normalized spacial score (nSPS) is 30.2. The first-order valence-electron chi connectivity index (χ1n) is 12.6. The molecule has 4 fully saturated rings. The average molecular weight is 449 g/mol. The molecule has 5 aliphatic rings. The first-order valence-corrected chi connectivity index (χ1v) is 12.6. The van der Waals surface area contributed by atoms with Gasteiger partial charge < -0.3 is 14.8 Å². The molecule has 0 atom stereocenters. The van der Waals surface area contributed by atoms with Gasteiger partial charge in [-0.25, -0.2) is 9.97 Å². The fourth-order valence-corrected chi connectivity index (χ4v) is 7.71. The molecule has 4 saturated carbocycles. The number of aromatic nitrogens is 2. The van der Waals surface area contributed by atoms with Crippen LogP contribution in [0.2, 0.25) is 0 Å². The number of benzene rings is 1. The van der Waals surface area contributed by atoms with Crippen LogP contribution in [0.3, 0.4) is 0 Å². The Morgan fingerprint density at radius 2 is 1.73 bits per heavy atom. The quantitative estimate of drug-likeness (QED) is 0.664. The van der Waals surface area contributed by atoms with Crippen molar-refractivity contribution in [2.75, 3.05) is 32.6 Å².